The van der Waals surface area contributed by atoms with Gasteiger partial charge in [-0.2, -0.15) is 0 Å². The molecule has 1 saturated carbocycles. The minimum Gasteiger partial charge on any atom is -1.00 e. The standard InChI is InChI=1S/C30H36N2O5.BrH/c33-26(22-10-4-1-5-11-22)20-32-18-16-23(17-19-32)27(21-32)37-29(34)28(24-12-6-2-7-13-24)31-30(35)36-25-14-8-3-9-15-25;/h1-2,4-7,10-13,23,25,27-28H,3,8-9,14-21H2;1H/t23?,27-,28?,32?;/m0./s1. The van der Waals surface area contributed by atoms with Gasteiger partial charge in [-0.05, 0) is 31.2 Å². The number of Topliss-reactive ketones (excluding diaryl/α,β-unsaturated/α-hetero) is 1. The number of carbonyl (C=O) groups excluding carboxylic acids is 3. The third-order valence-corrected chi connectivity index (χ3v) is 8.34. The number of carbonyl (C=O) groups is 3. The van der Waals surface area contributed by atoms with Crippen LogP contribution in [0.25, 0.3) is 0 Å². The summed E-state index contributed by atoms with van der Waals surface area (Å²) in [6.07, 6.45) is 5.88. The number of ether oxygens (including phenoxy) is 2. The summed E-state index contributed by atoms with van der Waals surface area (Å²) in [4.78, 5) is 39.3. The predicted molar refractivity (Wildman–Crippen MR) is 139 cm³/mol. The molecule has 1 N–H and O–H groups in total. The highest BCUT2D eigenvalue weighted by Crippen LogP contribution is 2.36. The molecule has 2 aromatic carbocycles. The van der Waals surface area contributed by atoms with E-state index in [1.165, 1.54) is 6.42 Å². The van der Waals surface area contributed by atoms with Gasteiger partial charge >= 0.3 is 12.1 Å². The summed E-state index contributed by atoms with van der Waals surface area (Å²) < 4.78 is 12.4. The van der Waals surface area contributed by atoms with Crippen LogP contribution in [0, 0.1) is 5.92 Å². The molecule has 1 unspecified atom stereocenters. The van der Waals surface area contributed by atoms with Crippen molar-refractivity contribution in [1.82, 2.24) is 5.32 Å². The number of alkyl carbamates (subject to hydrolysis) is 1. The van der Waals surface area contributed by atoms with Crippen LogP contribution in [-0.4, -0.2) is 60.7 Å². The van der Waals surface area contributed by atoms with E-state index >= 15 is 0 Å². The summed E-state index contributed by atoms with van der Waals surface area (Å²) in [5, 5.41) is 2.78. The molecule has 4 aliphatic rings. The van der Waals surface area contributed by atoms with Crippen LogP contribution in [-0.2, 0) is 14.3 Å². The molecule has 8 heteroatoms. The molecular weight excluding hydrogens is 548 g/mol. The molecule has 204 valence electrons. The predicted octanol–water partition coefficient (Wildman–Crippen LogP) is 1.83. The fraction of sp³-hybridized carbons (Fsp3) is 0.500. The first kappa shape index (κ1) is 28.3. The molecule has 7 nitrogen and oxygen atoms in total. The first-order valence-electron chi connectivity index (χ1n) is 13.7. The number of quaternary nitrogens is 1. The number of piperidine rings is 3. The van der Waals surface area contributed by atoms with Gasteiger partial charge in [-0.25, -0.2) is 9.59 Å². The molecule has 3 heterocycles. The molecule has 6 rings (SSSR count). The monoisotopic (exact) mass is 584 g/mol. The molecule has 2 atom stereocenters. The lowest BCUT2D eigenvalue weighted by Crippen LogP contribution is -3.00. The number of esters is 1. The van der Waals surface area contributed by atoms with Gasteiger partial charge in [-0.15, -0.1) is 0 Å². The number of nitrogens with zero attached hydrogens (tertiary/aromatic N) is 1. The fourth-order valence-corrected chi connectivity index (χ4v) is 6.22. The lowest BCUT2D eigenvalue weighted by atomic mass is 9.82. The van der Waals surface area contributed by atoms with E-state index in [-0.39, 0.29) is 40.9 Å². The van der Waals surface area contributed by atoms with E-state index in [4.69, 9.17) is 9.47 Å². The number of amides is 1. The van der Waals surface area contributed by atoms with E-state index in [9.17, 15) is 14.4 Å². The van der Waals surface area contributed by atoms with E-state index in [0.29, 0.717) is 23.1 Å². The van der Waals surface area contributed by atoms with Crippen LogP contribution in [0.5, 0.6) is 0 Å². The van der Waals surface area contributed by atoms with Crippen molar-refractivity contribution in [2.24, 2.45) is 5.92 Å². The number of rotatable bonds is 8. The number of fused-ring (bicyclic) bond motifs is 3. The molecule has 0 radical (unpaired) electrons. The maximum Gasteiger partial charge on any atom is 0.408 e. The molecule has 1 amide bonds. The Morgan fingerprint density at radius 2 is 1.47 bits per heavy atom. The molecule has 4 fully saturated rings. The number of halogens is 1. The zero-order valence-corrected chi connectivity index (χ0v) is 23.3. The van der Waals surface area contributed by atoms with Crippen molar-refractivity contribution in [3.05, 3.63) is 71.8 Å². The average Bonchev–Trinajstić information content (AvgIpc) is 2.93. The third kappa shape index (κ3) is 6.83. The van der Waals surface area contributed by atoms with E-state index in [0.717, 1.165) is 57.2 Å². The van der Waals surface area contributed by atoms with Gasteiger partial charge < -0.3 is 36.3 Å². The molecule has 2 aromatic rings. The molecule has 3 aliphatic heterocycles. The zero-order chi connectivity index (χ0) is 25.7. The Bertz CT molecular complexity index is 1080. The second-order valence-electron chi connectivity index (χ2n) is 10.9. The lowest BCUT2D eigenvalue weighted by molar-refractivity contribution is -0.938. The number of hydrogen-bond donors (Lipinski definition) is 1. The van der Waals surface area contributed by atoms with Gasteiger partial charge in [0.2, 0.25) is 5.78 Å². The second kappa shape index (κ2) is 12.9. The summed E-state index contributed by atoms with van der Waals surface area (Å²) in [5.74, 6) is -0.0696. The zero-order valence-electron chi connectivity index (χ0n) is 21.7. The van der Waals surface area contributed by atoms with Gasteiger partial charge in [-0.1, -0.05) is 67.1 Å². The van der Waals surface area contributed by atoms with Gasteiger partial charge in [0, 0.05) is 24.3 Å². The van der Waals surface area contributed by atoms with Crippen molar-refractivity contribution < 1.29 is 45.3 Å². The highest BCUT2D eigenvalue weighted by molar-refractivity contribution is 5.97. The van der Waals surface area contributed by atoms with Crippen molar-refractivity contribution in [1.29, 1.82) is 0 Å². The number of nitrogens with one attached hydrogen (secondary N) is 1. The maximum absolute atomic E-state index is 13.5. The third-order valence-electron chi connectivity index (χ3n) is 8.34. The van der Waals surface area contributed by atoms with Gasteiger partial charge in [0.15, 0.2) is 12.1 Å². The van der Waals surface area contributed by atoms with Crippen LogP contribution >= 0.6 is 0 Å². The van der Waals surface area contributed by atoms with Gasteiger partial charge in [0.1, 0.15) is 19.2 Å². The Labute approximate surface area is 235 Å². The average molecular weight is 586 g/mol. The maximum atomic E-state index is 13.5. The summed E-state index contributed by atoms with van der Waals surface area (Å²) in [6.45, 7) is 2.89. The van der Waals surface area contributed by atoms with Crippen molar-refractivity contribution >= 4 is 17.8 Å². The van der Waals surface area contributed by atoms with E-state index in [2.05, 4.69) is 5.32 Å². The van der Waals surface area contributed by atoms with E-state index in [1.807, 2.05) is 60.7 Å². The first-order valence-corrected chi connectivity index (χ1v) is 13.7. The molecule has 2 bridgehead atoms. The Balaban J connectivity index is 0.00000336. The van der Waals surface area contributed by atoms with Crippen LogP contribution in [0.2, 0.25) is 0 Å². The minimum atomic E-state index is -0.938. The topological polar surface area (TPSA) is 81.7 Å². The highest BCUT2D eigenvalue weighted by atomic mass is 79.9. The second-order valence-corrected chi connectivity index (χ2v) is 10.9. The summed E-state index contributed by atoms with van der Waals surface area (Å²) in [6, 6.07) is 17.6. The van der Waals surface area contributed by atoms with Gasteiger partial charge in [0.05, 0.1) is 13.1 Å². The Morgan fingerprint density at radius 1 is 0.842 bits per heavy atom. The fourth-order valence-electron chi connectivity index (χ4n) is 6.22. The smallest absolute Gasteiger partial charge is 0.408 e. The SMILES string of the molecule is O=C(NC(C(=O)O[C@H]1C[N+]2(CC(=O)c3ccccc3)CCC1CC2)c1ccccc1)OC1CCCCC1.[Br-]. The Hall–Kier alpha value is -2.71. The Morgan fingerprint density at radius 3 is 2.13 bits per heavy atom. The quantitative estimate of drug-likeness (QED) is 0.291. The van der Waals surface area contributed by atoms with Gasteiger partial charge in [-0.3, -0.25) is 4.79 Å². The van der Waals surface area contributed by atoms with E-state index in [1.54, 1.807) is 0 Å². The molecule has 38 heavy (non-hydrogen) atoms. The van der Waals surface area contributed by atoms with Crippen molar-refractivity contribution in [2.75, 3.05) is 26.2 Å². The summed E-state index contributed by atoms with van der Waals surface area (Å²) in [7, 11) is 0. The van der Waals surface area contributed by atoms with Crippen LogP contribution in [0.4, 0.5) is 4.79 Å². The Kier molecular flexibility index (Phi) is 9.60. The minimum absolute atomic E-state index is 0. The van der Waals surface area contributed by atoms with Crippen LogP contribution in [0.15, 0.2) is 60.7 Å². The van der Waals surface area contributed by atoms with Crippen LogP contribution in [0.1, 0.15) is 66.9 Å². The summed E-state index contributed by atoms with van der Waals surface area (Å²) >= 11 is 0. The van der Waals surface area contributed by atoms with Crippen molar-refractivity contribution in [3.8, 4) is 0 Å². The lowest BCUT2D eigenvalue weighted by Gasteiger charge is -2.51. The highest BCUT2D eigenvalue weighted by Gasteiger charge is 2.49. The normalized spacial score (nSPS) is 25.5. The first-order chi connectivity index (χ1) is 18.0. The molecular formula is C30H37BrN2O5. The number of benzene rings is 2. The summed E-state index contributed by atoms with van der Waals surface area (Å²) in [5.41, 5.74) is 1.39. The number of ketones is 1. The molecule has 0 aromatic heterocycles. The van der Waals surface area contributed by atoms with Crippen molar-refractivity contribution in [3.63, 3.8) is 0 Å². The van der Waals surface area contributed by atoms with Gasteiger partial charge in [0.25, 0.3) is 0 Å². The molecule has 0 spiro atoms. The number of hydrogen-bond acceptors (Lipinski definition) is 5. The molecule has 1 aliphatic carbocycles. The molecule has 3 saturated heterocycles. The van der Waals surface area contributed by atoms with E-state index < -0.39 is 18.1 Å². The van der Waals surface area contributed by atoms with Crippen molar-refractivity contribution in [2.45, 2.75) is 63.2 Å². The van der Waals surface area contributed by atoms with Crippen LogP contribution < -0.4 is 22.3 Å². The van der Waals surface area contributed by atoms with Crippen LogP contribution in [0.3, 0.4) is 0 Å². The largest absolute Gasteiger partial charge is 1.00 e.